The van der Waals surface area contributed by atoms with Crippen LogP contribution in [0.1, 0.15) is 92.4 Å². The smallest absolute Gasteiger partial charge is 0.0978 e. The number of fused-ring (bicyclic) bond motifs is 6. The summed E-state index contributed by atoms with van der Waals surface area (Å²) in [4.78, 5) is 0. The number of benzene rings is 5. The van der Waals surface area contributed by atoms with Crippen molar-refractivity contribution in [3.05, 3.63) is 179 Å². The number of hydrogen-bond acceptors (Lipinski definition) is 3. The van der Waals surface area contributed by atoms with Crippen LogP contribution in [0.4, 0.5) is 0 Å². The van der Waals surface area contributed by atoms with Gasteiger partial charge in [-0.1, -0.05) is 142 Å². The van der Waals surface area contributed by atoms with Crippen molar-refractivity contribution in [3.8, 4) is 16.8 Å². The van der Waals surface area contributed by atoms with Gasteiger partial charge < -0.3 is 4.57 Å². The van der Waals surface area contributed by atoms with Crippen LogP contribution in [0.15, 0.2) is 140 Å². The Morgan fingerprint density at radius 2 is 1.29 bits per heavy atom. The fourth-order valence-electron chi connectivity index (χ4n) is 7.46. The van der Waals surface area contributed by atoms with Crippen molar-refractivity contribution in [2.24, 2.45) is 0 Å². The van der Waals surface area contributed by atoms with Crippen molar-refractivity contribution in [2.75, 3.05) is 0 Å². The van der Waals surface area contributed by atoms with Gasteiger partial charge in [0.05, 0.1) is 17.8 Å². The molecule has 2 unspecified atom stereocenters. The van der Waals surface area contributed by atoms with Crippen LogP contribution in [0.25, 0.3) is 33.8 Å². The van der Waals surface area contributed by atoms with Crippen molar-refractivity contribution >= 4 is 17.0 Å². The number of hydrazine groups is 1. The van der Waals surface area contributed by atoms with Crippen LogP contribution in [0.5, 0.6) is 0 Å². The summed E-state index contributed by atoms with van der Waals surface area (Å²) in [6.45, 7) is 16.1. The minimum absolute atomic E-state index is 0.0451. The lowest BCUT2D eigenvalue weighted by Crippen LogP contribution is -2.26. The molecule has 260 valence electrons. The molecule has 0 radical (unpaired) electrons. The van der Waals surface area contributed by atoms with Gasteiger partial charge in [-0.25, -0.2) is 10.9 Å². The normalized spacial score (nSPS) is 17.4. The van der Waals surface area contributed by atoms with Gasteiger partial charge in [0.2, 0.25) is 0 Å². The molecular formula is C47H52N4. The van der Waals surface area contributed by atoms with Gasteiger partial charge in [0.1, 0.15) is 0 Å². The van der Waals surface area contributed by atoms with Gasteiger partial charge in [0, 0.05) is 22.2 Å². The van der Waals surface area contributed by atoms with E-state index in [-0.39, 0.29) is 17.7 Å². The van der Waals surface area contributed by atoms with E-state index in [0.717, 1.165) is 12.8 Å². The molecule has 0 spiro atoms. The summed E-state index contributed by atoms with van der Waals surface area (Å²) in [6.07, 6.45) is 8.94. The monoisotopic (exact) mass is 672 g/mol. The van der Waals surface area contributed by atoms with E-state index in [2.05, 4.69) is 169 Å². The fraction of sp³-hybridized carbons (Fsp3) is 0.234. The molecule has 1 fully saturated rings. The van der Waals surface area contributed by atoms with E-state index >= 15 is 0 Å². The fourth-order valence-corrected chi connectivity index (χ4v) is 7.46. The van der Waals surface area contributed by atoms with Gasteiger partial charge >= 0.3 is 0 Å². The van der Waals surface area contributed by atoms with Crippen LogP contribution in [-0.2, 0) is 11.8 Å². The quantitative estimate of drug-likeness (QED) is 0.164. The van der Waals surface area contributed by atoms with Crippen LogP contribution < -0.4 is 16.2 Å². The summed E-state index contributed by atoms with van der Waals surface area (Å²) in [5.41, 5.74) is 21.4. The van der Waals surface area contributed by atoms with Crippen molar-refractivity contribution in [2.45, 2.75) is 72.1 Å². The minimum atomic E-state index is 0.0451. The molecule has 9 rings (SSSR count). The van der Waals surface area contributed by atoms with Crippen LogP contribution in [-0.4, -0.2) is 4.57 Å². The SMILES string of the molecule is C=CC.CC.Cc1ccc(-n2c3c(c4cc5c(cc42)-c2ccccc2C5(C)C)CCC=C3)cc1.c1ccc(C2NNC(c3ccccc3)N2)cc1. The van der Waals surface area contributed by atoms with Gasteiger partial charge in [-0.3, -0.25) is 5.32 Å². The predicted molar refractivity (Wildman–Crippen MR) is 218 cm³/mol. The average molecular weight is 673 g/mol. The highest BCUT2D eigenvalue weighted by Crippen LogP contribution is 2.51. The molecule has 6 aromatic rings. The van der Waals surface area contributed by atoms with Gasteiger partial charge in [0.15, 0.2) is 0 Å². The molecule has 1 aromatic heterocycles. The molecule has 4 heteroatoms. The Morgan fingerprint density at radius 3 is 1.90 bits per heavy atom. The maximum Gasteiger partial charge on any atom is 0.0978 e. The number of nitrogens with zero attached hydrogens (tertiary/aromatic N) is 1. The average Bonchev–Trinajstić information content (AvgIpc) is 3.86. The molecule has 51 heavy (non-hydrogen) atoms. The van der Waals surface area contributed by atoms with Gasteiger partial charge in [0.25, 0.3) is 0 Å². The second-order valence-corrected chi connectivity index (χ2v) is 13.6. The lowest BCUT2D eigenvalue weighted by atomic mass is 9.82. The number of allylic oxidation sites excluding steroid dienone is 2. The van der Waals surface area contributed by atoms with Gasteiger partial charge in [-0.05, 0) is 96.0 Å². The zero-order valence-electron chi connectivity index (χ0n) is 31.0. The number of hydrogen-bond donors (Lipinski definition) is 3. The Balaban J connectivity index is 0.000000173. The first kappa shape index (κ1) is 35.8. The highest BCUT2D eigenvalue weighted by Gasteiger charge is 2.36. The maximum atomic E-state index is 3.50. The molecule has 0 saturated carbocycles. The molecular weight excluding hydrogens is 621 g/mol. The number of nitrogens with one attached hydrogen (secondary N) is 3. The first-order valence-corrected chi connectivity index (χ1v) is 18.4. The van der Waals surface area contributed by atoms with Crippen molar-refractivity contribution < 1.29 is 0 Å². The molecule has 0 bridgehead atoms. The van der Waals surface area contributed by atoms with E-state index in [0.29, 0.717) is 0 Å². The molecule has 5 aromatic carbocycles. The molecule has 2 heterocycles. The molecule has 3 aliphatic rings. The molecule has 0 amide bonds. The summed E-state index contributed by atoms with van der Waals surface area (Å²) < 4.78 is 2.47. The standard InChI is InChI=1S/C28H25N.C14H15N3.C3H6.C2H6/c1-18-12-14-19(15-13-18)29-26-11-7-5-9-21(26)23-16-25-22(17-27(23)29)20-8-4-6-10-24(20)28(25,2)3;1-3-7-11(8-4-1)13-15-14(17-16-13)12-9-5-2-6-10-12;1-3-2;1-2/h4,6-8,10-17H,5,9H2,1-3H3;1-10,13-17H;3H,1H2,2H3;1-2H3. The number of aromatic nitrogens is 1. The van der Waals surface area contributed by atoms with Crippen molar-refractivity contribution in [3.63, 3.8) is 0 Å². The Hall–Kier alpha value is -5.00. The van der Waals surface area contributed by atoms with E-state index in [1.807, 2.05) is 32.9 Å². The number of rotatable bonds is 3. The number of aryl methyl sites for hydroxylation is 2. The van der Waals surface area contributed by atoms with Crippen molar-refractivity contribution in [1.82, 2.24) is 20.7 Å². The Labute approximate surface area is 304 Å². The predicted octanol–water partition coefficient (Wildman–Crippen LogP) is 11.5. The lowest BCUT2D eigenvalue weighted by molar-refractivity contribution is 0.554. The summed E-state index contributed by atoms with van der Waals surface area (Å²) in [5.74, 6) is 0. The van der Waals surface area contributed by atoms with E-state index in [1.165, 1.54) is 66.8 Å². The van der Waals surface area contributed by atoms with E-state index < -0.39 is 0 Å². The van der Waals surface area contributed by atoms with Gasteiger partial charge in [-0.15, -0.1) is 6.58 Å². The third-order valence-electron chi connectivity index (χ3n) is 9.92. The molecule has 1 saturated heterocycles. The first-order valence-electron chi connectivity index (χ1n) is 18.4. The summed E-state index contributed by atoms with van der Waals surface area (Å²) in [6, 6.07) is 43.5. The third kappa shape index (κ3) is 7.13. The Bertz CT molecular complexity index is 2060. The van der Waals surface area contributed by atoms with Crippen LogP contribution >= 0.6 is 0 Å². The van der Waals surface area contributed by atoms with E-state index in [1.54, 1.807) is 6.08 Å². The van der Waals surface area contributed by atoms with Crippen LogP contribution in [0, 0.1) is 6.92 Å². The van der Waals surface area contributed by atoms with E-state index in [4.69, 9.17) is 0 Å². The Morgan fingerprint density at radius 1 is 0.725 bits per heavy atom. The van der Waals surface area contributed by atoms with Crippen molar-refractivity contribution in [1.29, 1.82) is 0 Å². The van der Waals surface area contributed by atoms with Gasteiger partial charge in [-0.2, -0.15) is 0 Å². The molecule has 4 nitrogen and oxygen atoms in total. The topological polar surface area (TPSA) is 41.0 Å². The zero-order chi connectivity index (χ0) is 36.0. The minimum Gasteiger partial charge on any atom is -0.310 e. The first-order chi connectivity index (χ1) is 24.9. The van der Waals surface area contributed by atoms with E-state index in [9.17, 15) is 0 Å². The molecule has 2 atom stereocenters. The lowest BCUT2D eigenvalue weighted by Gasteiger charge is -2.21. The zero-order valence-corrected chi connectivity index (χ0v) is 31.0. The van der Waals surface area contributed by atoms with Crippen LogP contribution in [0.3, 0.4) is 0 Å². The van der Waals surface area contributed by atoms with Crippen LogP contribution in [0.2, 0.25) is 0 Å². The Kier molecular flexibility index (Phi) is 11.2. The second-order valence-electron chi connectivity index (χ2n) is 13.6. The molecule has 1 aliphatic heterocycles. The summed E-state index contributed by atoms with van der Waals surface area (Å²) in [5, 5.41) is 4.92. The molecule has 2 aliphatic carbocycles. The highest BCUT2D eigenvalue weighted by molar-refractivity contribution is 5.97. The highest BCUT2D eigenvalue weighted by atomic mass is 15.5. The third-order valence-corrected chi connectivity index (χ3v) is 9.92. The molecule has 3 N–H and O–H groups in total. The summed E-state index contributed by atoms with van der Waals surface area (Å²) in [7, 11) is 0. The second kappa shape index (κ2) is 15.9. The maximum absolute atomic E-state index is 3.50. The summed E-state index contributed by atoms with van der Waals surface area (Å²) >= 11 is 0. The largest absolute Gasteiger partial charge is 0.310 e.